The molecule has 3 heteroatoms. The Morgan fingerprint density at radius 3 is 2.28 bits per heavy atom. The van der Waals surface area contributed by atoms with Crippen LogP contribution in [0.25, 0.3) is 0 Å². The minimum Gasteiger partial charge on any atom is -0.481 e. The predicted octanol–water partition coefficient (Wildman–Crippen LogP) is 3.00. The molecule has 2 fully saturated rings. The Balaban J connectivity index is 1.83. The monoisotopic (exact) mass is 253 g/mol. The Kier molecular flexibility index (Phi) is 4.00. The zero-order chi connectivity index (χ0) is 13.3. The summed E-state index contributed by atoms with van der Waals surface area (Å²) in [5, 5.41) is 9.38. The Morgan fingerprint density at radius 2 is 1.89 bits per heavy atom. The minimum absolute atomic E-state index is 0.433. The van der Waals surface area contributed by atoms with E-state index in [4.69, 9.17) is 0 Å². The lowest BCUT2D eigenvalue weighted by Crippen LogP contribution is -2.52. The number of carboxylic acid groups (broad SMARTS) is 1. The van der Waals surface area contributed by atoms with Gasteiger partial charge in [-0.05, 0) is 57.0 Å². The predicted molar refractivity (Wildman–Crippen MR) is 72.5 cm³/mol. The van der Waals surface area contributed by atoms with E-state index in [0.717, 1.165) is 50.2 Å². The van der Waals surface area contributed by atoms with Crippen LogP contribution in [0, 0.1) is 17.3 Å². The highest BCUT2D eigenvalue weighted by molar-refractivity contribution is 5.74. The number of carbonyl (C=O) groups is 1. The number of carboxylic acids is 1. The molecule has 3 nitrogen and oxygen atoms in total. The van der Waals surface area contributed by atoms with Gasteiger partial charge in [0.05, 0.1) is 5.41 Å². The SMILES string of the molecule is CCC1(C(=O)O)CCN(C2CC(C(C)C)C2)CC1. The second kappa shape index (κ2) is 5.20. The third-order valence-corrected chi connectivity index (χ3v) is 5.49. The molecule has 0 bridgehead atoms. The van der Waals surface area contributed by atoms with E-state index in [0.29, 0.717) is 0 Å². The molecule has 1 aliphatic heterocycles. The number of aliphatic carboxylic acids is 1. The lowest BCUT2D eigenvalue weighted by molar-refractivity contribution is -0.153. The first-order valence-electron chi connectivity index (χ1n) is 7.46. The van der Waals surface area contributed by atoms with E-state index >= 15 is 0 Å². The first-order valence-corrected chi connectivity index (χ1v) is 7.46. The second-order valence-electron chi connectivity index (χ2n) is 6.60. The van der Waals surface area contributed by atoms with E-state index < -0.39 is 11.4 Å². The molecular formula is C15H27NO2. The lowest BCUT2D eigenvalue weighted by Gasteiger charge is -2.48. The van der Waals surface area contributed by atoms with Crippen molar-refractivity contribution in [1.29, 1.82) is 0 Å². The molecule has 0 unspecified atom stereocenters. The molecule has 2 rings (SSSR count). The Morgan fingerprint density at radius 1 is 1.33 bits per heavy atom. The molecule has 2 aliphatic rings. The fourth-order valence-electron chi connectivity index (χ4n) is 3.51. The maximum absolute atomic E-state index is 11.4. The van der Waals surface area contributed by atoms with Crippen molar-refractivity contribution in [2.24, 2.45) is 17.3 Å². The van der Waals surface area contributed by atoms with Gasteiger partial charge < -0.3 is 10.0 Å². The van der Waals surface area contributed by atoms with E-state index in [1.54, 1.807) is 0 Å². The van der Waals surface area contributed by atoms with Gasteiger partial charge in [0.1, 0.15) is 0 Å². The van der Waals surface area contributed by atoms with Gasteiger partial charge in [-0.15, -0.1) is 0 Å². The fourth-order valence-corrected chi connectivity index (χ4v) is 3.51. The van der Waals surface area contributed by atoms with Crippen LogP contribution in [0.2, 0.25) is 0 Å². The summed E-state index contributed by atoms with van der Waals surface area (Å²) in [6.45, 7) is 8.60. The lowest BCUT2D eigenvalue weighted by atomic mass is 9.70. The zero-order valence-electron chi connectivity index (χ0n) is 12.0. The van der Waals surface area contributed by atoms with E-state index in [1.807, 2.05) is 6.92 Å². The first kappa shape index (κ1) is 13.9. The molecule has 0 amide bonds. The highest BCUT2D eigenvalue weighted by atomic mass is 16.4. The second-order valence-corrected chi connectivity index (χ2v) is 6.60. The highest BCUT2D eigenvalue weighted by Gasteiger charge is 2.43. The molecule has 1 saturated heterocycles. The van der Waals surface area contributed by atoms with E-state index in [1.165, 1.54) is 12.8 Å². The summed E-state index contributed by atoms with van der Waals surface area (Å²) < 4.78 is 0. The van der Waals surface area contributed by atoms with Crippen molar-refractivity contribution >= 4 is 5.97 Å². The molecule has 0 radical (unpaired) electrons. The van der Waals surface area contributed by atoms with Crippen molar-refractivity contribution in [1.82, 2.24) is 4.90 Å². The summed E-state index contributed by atoms with van der Waals surface area (Å²) in [7, 11) is 0. The largest absolute Gasteiger partial charge is 0.481 e. The van der Waals surface area contributed by atoms with Crippen LogP contribution in [-0.2, 0) is 4.79 Å². The topological polar surface area (TPSA) is 40.5 Å². The number of hydrogen-bond donors (Lipinski definition) is 1. The minimum atomic E-state index is -0.585. The van der Waals surface area contributed by atoms with Crippen molar-refractivity contribution in [3.05, 3.63) is 0 Å². The highest BCUT2D eigenvalue weighted by Crippen LogP contribution is 2.41. The Hall–Kier alpha value is -0.570. The molecule has 0 aromatic heterocycles. The van der Waals surface area contributed by atoms with Gasteiger partial charge in [-0.2, -0.15) is 0 Å². The smallest absolute Gasteiger partial charge is 0.309 e. The molecule has 1 saturated carbocycles. The maximum Gasteiger partial charge on any atom is 0.309 e. The van der Waals surface area contributed by atoms with Crippen molar-refractivity contribution in [3.8, 4) is 0 Å². The van der Waals surface area contributed by atoms with Crippen molar-refractivity contribution < 1.29 is 9.90 Å². The van der Waals surface area contributed by atoms with Crippen molar-refractivity contribution in [2.75, 3.05) is 13.1 Å². The summed E-state index contributed by atoms with van der Waals surface area (Å²) in [5.41, 5.74) is -0.433. The summed E-state index contributed by atoms with van der Waals surface area (Å²) in [6.07, 6.45) is 5.09. The van der Waals surface area contributed by atoms with Crippen LogP contribution in [0.4, 0.5) is 0 Å². The number of nitrogens with zero attached hydrogens (tertiary/aromatic N) is 1. The van der Waals surface area contributed by atoms with Crippen LogP contribution >= 0.6 is 0 Å². The van der Waals surface area contributed by atoms with Crippen molar-refractivity contribution in [2.45, 2.75) is 58.9 Å². The van der Waals surface area contributed by atoms with Crippen LogP contribution in [0.5, 0.6) is 0 Å². The van der Waals surface area contributed by atoms with E-state index in [9.17, 15) is 9.90 Å². The summed E-state index contributed by atoms with van der Waals surface area (Å²) in [5.74, 6) is 1.12. The number of likely N-dealkylation sites (tertiary alicyclic amines) is 1. The number of hydrogen-bond acceptors (Lipinski definition) is 2. The third-order valence-electron chi connectivity index (χ3n) is 5.49. The van der Waals surface area contributed by atoms with Crippen LogP contribution < -0.4 is 0 Å². The molecule has 0 spiro atoms. The van der Waals surface area contributed by atoms with Gasteiger partial charge >= 0.3 is 5.97 Å². The molecule has 18 heavy (non-hydrogen) atoms. The maximum atomic E-state index is 11.4. The molecule has 1 heterocycles. The van der Waals surface area contributed by atoms with Crippen LogP contribution in [0.3, 0.4) is 0 Å². The molecule has 104 valence electrons. The average molecular weight is 253 g/mol. The molecule has 0 atom stereocenters. The van der Waals surface area contributed by atoms with Gasteiger partial charge in [-0.1, -0.05) is 20.8 Å². The molecule has 1 N–H and O–H groups in total. The van der Waals surface area contributed by atoms with Gasteiger partial charge in [0.15, 0.2) is 0 Å². The van der Waals surface area contributed by atoms with Gasteiger partial charge in [-0.25, -0.2) is 0 Å². The van der Waals surface area contributed by atoms with Crippen LogP contribution in [0.1, 0.15) is 52.9 Å². The summed E-state index contributed by atoms with van der Waals surface area (Å²) >= 11 is 0. The number of rotatable bonds is 4. The molecule has 0 aromatic rings. The quantitative estimate of drug-likeness (QED) is 0.837. The van der Waals surface area contributed by atoms with Gasteiger partial charge in [0.25, 0.3) is 0 Å². The van der Waals surface area contributed by atoms with Crippen molar-refractivity contribution in [3.63, 3.8) is 0 Å². The molecular weight excluding hydrogens is 226 g/mol. The third kappa shape index (κ3) is 2.42. The first-order chi connectivity index (χ1) is 8.48. The molecule has 0 aromatic carbocycles. The average Bonchev–Trinajstić information content (AvgIpc) is 2.27. The standard InChI is InChI=1S/C15H27NO2/c1-4-15(14(17)18)5-7-16(8-6-15)13-9-12(10-13)11(2)3/h11-13H,4-10H2,1-3H3,(H,17,18). The van der Waals surface area contributed by atoms with Gasteiger partial charge in [0, 0.05) is 6.04 Å². The van der Waals surface area contributed by atoms with Crippen LogP contribution in [-0.4, -0.2) is 35.1 Å². The summed E-state index contributed by atoms with van der Waals surface area (Å²) in [4.78, 5) is 13.9. The fraction of sp³-hybridized carbons (Fsp3) is 0.933. The van der Waals surface area contributed by atoms with Gasteiger partial charge in [0.2, 0.25) is 0 Å². The van der Waals surface area contributed by atoms with Crippen LogP contribution in [0.15, 0.2) is 0 Å². The normalized spacial score (nSPS) is 32.2. The zero-order valence-corrected chi connectivity index (χ0v) is 12.0. The van der Waals surface area contributed by atoms with E-state index in [-0.39, 0.29) is 0 Å². The Labute approximate surface area is 111 Å². The van der Waals surface area contributed by atoms with Gasteiger partial charge in [-0.3, -0.25) is 4.79 Å². The summed E-state index contributed by atoms with van der Waals surface area (Å²) in [6, 6.07) is 0.737. The Bertz CT molecular complexity index is 300. The number of piperidine rings is 1. The van der Waals surface area contributed by atoms with E-state index in [2.05, 4.69) is 18.7 Å². The molecule has 1 aliphatic carbocycles.